The average Bonchev–Trinajstić information content (AvgIpc) is 2.96. The molecule has 1 heterocycles. The maximum atomic E-state index is 12.0. The summed E-state index contributed by atoms with van der Waals surface area (Å²) in [4.78, 5) is 14.1. The smallest absolute Gasteiger partial charge is 0.276 e. The van der Waals surface area contributed by atoms with E-state index in [2.05, 4.69) is 10.2 Å². The number of ether oxygens (including phenoxy) is 2. The van der Waals surface area contributed by atoms with Crippen LogP contribution in [0.2, 0.25) is 0 Å². The van der Waals surface area contributed by atoms with Gasteiger partial charge in [-0.3, -0.25) is 9.69 Å². The number of nitrogens with zero attached hydrogens (tertiary/aromatic N) is 1. The number of amides is 1. The quantitative estimate of drug-likeness (QED) is 0.255. The summed E-state index contributed by atoms with van der Waals surface area (Å²) in [5.41, 5.74) is 3.87. The van der Waals surface area contributed by atoms with Gasteiger partial charge in [0.1, 0.15) is 0 Å². The summed E-state index contributed by atoms with van der Waals surface area (Å²) < 4.78 is 10.7. The van der Waals surface area contributed by atoms with Gasteiger partial charge in [-0.1, -0.05) is 102 Å². The molecule has 3 aromatic rings. The van der Waals surface area contributed by atoms with Crippen molar-refractivity contribution >= 4 is 46.4 Å². The standard InChI is InChI=1S/C30H33Cl3N2O5/c1-19(27(37)22-6-4-3-5-7-22)35(2)17-25-16-26(21-10-8-20(18-36)9-11-21)40-28(39-25)23-12-14-24(15-13-23)34-29(38)30(31,32)33/h3-15,19,25-28,36-37H,16-18H2,1-2H3,(H,34,38)/t19-,25+,26-,27-,28-/m0/s1. The van der Waals surface area contributed by atoms with Crippen molar-refractivity contribution < 1.29 is 24.5 Å². The summed E-state index contributed by atoms with van der Waals surface area (Å²) in [6, 6.07) is 24.1. The van der Waals surface area contributed by atoms with E-state index in [0.717, 1.165) is 22.3 Å². The van der Waals surface area contributed by atoms with Gasteiger partial charge in [-0.05, 0) is 42.8 Å². The first-order valence-electron chi connectivity index (χ1n) is 13.0. The van der Waals surface area contributed by atoms with Crippen LogP contribution in [0, 0.1) is 0 Å². The molecule has 0 aliphatic carbocycles. The molecule has 4 rings (SSSR count). The van der Waals surface area contributed by atoms with E-state index in [1.807, 2.05) is 68.6 Å². The first-order valence-corrected chi connectivity index (χ1v) is 14.1. The Morgan fingerprint density at radius 1 is 1.00 bits per heavy atom. The van der Waals surface area contributed by atoms with Gasteiger partial charge >= 0.3 is 0 Å². The highest BCUT2D eigenvalue weighted by Gasteiger charge is 2.34. The van der Waals surface area contributed by atoms with Crippen molar-refractivity contribution in [2.45, 2.75) is 54.4 Å². The maximum absolute atomic E-state index is 12.0. The molecule has 0 radical (unpaired) electrons. The molecule has 3 aromatic carbocycles. The molecule has 0 spiro atoms. The van der Waals surface area contributed by atoms with Crippen LogP contribution in [-0.2, 0) is 20.9 Å². The minimum Gasteiger partial charge on any atom is -0.392 e. The van der Waals surface area contributed by atoms with Gasteiger partial charge in [0.25, 0.3) is 9.70 Å². The van der Waals surface area contributed by atoms with Crippen molar-refractivity contribution in [1.29, 1.82) is 0 Å². The van der Waals surface area contributed by atoms with Crippen molar-refractivity contribution in [3.05, 3.63) is 101 Å². The molecule has 1 aliphatic heterocycles. The SMILES string of the molecule is C[C@@H]([C@H](O)c1ccccc1)N(C)C[C@H]1C[C@@H](c2ccc(CO)cc2)O[C@@H](c2ccc(NC(=O)C(Cl)(Cl)Cl)cc2)O1. The predicted octanol–water partition coefficient (Wildman–Crippen LogP) is 6.09. The third-order valence-corrected chi connectivity index (χ3v) is 7.61. The van der Waals surface area contributed by atoms with Crippen LogP contribution in [0.5, 0.6) is 0 Å². The summed E-state index contributed by atoms with van der Waals surface area (Å²) in [6.45, 7) is 2.52. The zero-order chi connectivity index (χ0) is 28.9. The summed E-state index contributed by atoms with van der Waals surface area (Å²) in [5, 5.41) is 23.0. The third kappa shape index (κ3) is 7.96. The van der Waals surface area contributed by atoms with E-state index in [1.54, 1.807) is 24.3 Å². The molecule has 214 valence electrons. The van der Waals surface area contributed by atoms with Gasteiger partial charge in [0.05, 0.1) is 24.9 Å². The minimum absolute atomic E-state index is 0.0340. The monoisotopic (exact) mass is 606 g/mol. The molecule has 0 saturated carbocycles. The zero-order valence-corrected chi connectivity index (χ0v) is 24.5. The molecule has 10 heteroatoms. The van der Waals surface area contributed by atoms with Crippen molar-refractivity contribution in [2.75, 3.05) is 18.9 Å². The highest BCUT2D eigenvalue weighted by atomic mass is 35.6. The molecule has 0 bridgehead atoms. The zero-order valence-electron chi connectivity index (χ0n) is 22.2. The van der Waals surface area contributed by atoms with Gasteiger partial charge in [0.15, 0.2) is 6.29 Å². The van der Waals surface area contributed by atoms with Gasteiger partial charge < -0.3 is 25.0 Å². The molecular weight excluding hydrogens is 575 g/mol. The highest BCUT2D eigenvalue weighted by Crippen LogP contribution is 2.39. The number of rotatable bonds is 9. The Morgan fingerprint density at radius 3 is 2.23 bits per heavy atom. The Hall–Kier alpha value is -2.20. The third-order valence-electron chi connectivity index (χ3n) is 7.10. The number of carbonyl (C=O) groups excluding carboxylic acids is 1. The fourth-order valence-corrected chi connectivity index (χ4v) is 4.76. The second-order valence-electron chi connectivity index (χ2n) is 9.96. The van der Waals surface area contributed by atoms with Crippen molar-refractivity contribution in [2.24, 2.45) is 0 Å². The number of benzene rings is 3. The number of halogens is 3. The minimum atomic E-state index is -2.07. The molecule has 0 aromatic heterocycles. The van der Waals surface area contributed by atoms with E-state index in [9.17, 15) is 15.0 Å². The molecule has 7 nitrogen and oxygen atoms in total. The molecule has 40 heavy (non-hydrogen) atoms. The topological polar surface area (TPSA) is 91.3 Å². The highest BCUT2D eigenvalue weighted by molar-refractivity contribution is 6.76. The maximum Gasteiger partial charge on any atom is 0.276 e. The van der Waals surface area contributed by atoms with Gasteiger partial charge in [0, 0.05) is 30.3 Å². The predicted molar refractivity (Wildman–Crippen MR) is 157 cm³/mol. The Labute approximate surface area is 249 Å². The number of likely N-dealkylation sites (N-methyl/N-ethyl adjacent to an activating group) is 1. The molecule has 3 N–H and O–H groups in total. The summed E-state index contributed by atoms with van der Waals surface area (Å²) in [7, 11) is 1.97. The van der Waals surface area contributed by atoms with E-state index in [-0.39, 0.29) is 24.9 Å². The normalized spacial score (nSPS) is 21.1. The largest absolute Gasteiger partial charge is 0.392 e. The fourth-order valence-electron chi connectivity index (χ4n) is 4.62. The van der Waals surface area contributed by atoms with Crippen LogP contribution in [0.1, 0.15) is 54.1 Å². The Balaban J connectivity index is 1.51. The van der Waals surface area contributed by atoms with Crippen LogP contribution in [0.4, 0.5) is 5.69 Å². The first kappa shape index (κ1) is 30.8. The molecule has 1 amide bonds. The number of nitrogens with one attached hydrogen (secondary N) is 1. The summed E-state index contributed by atoms with van der Waals surface area (Å²) in [5.74, 6) is -0.753. The lowest BCUT2D eigenvalue weighted by atomic mass is 9.98. The van der Waals surface area contributed by atoms with Crippen LogP contribution >= 0.6 is 34.8 Å². The molecule has 5 atom stereocenters. The Kier molecular flexibility index (Phi) is 10.5. The van der Waals surface area contributed by atoms with Crippen LogP contribution in [0.15, 0.2) is 78.9 Å². The van der Waals surface area contributed by atoms with E-state index in [0.29, 0.717) is 18.7 Å². The summed E-state index contributed by atoms with van der Waals surface area (Å²) >= 11 is 17.0. The molecule has 1 saturated heterocycles. The number of aliphatic hydroxyl groups is 2. The van der Waals surface area contributed by atoms with E-state index in [1.165, 1.54) is 0 Å². The second kappa shape index (κ2) is 13.6. The number of alkyl halides is 3. The van der Waals surface area contributed by atoms with E-state index < -0.39 is 22.1 Å². The van der Waals surface area contributed by atoms with Crippen molar-refractivity contribution in [3.63, 3.8) is 0 Å². The van der Waals surface area contributed by atoms with Crippen molar-refractivity contribution in [1.82, 2.24) is 4.90 Å². The molecule has 0 unspecified atom stereocenters. The lowest BCUT2D eigenvalue weighted by molar-refractivity contribution is -0.253. The van der Waals surface area contributed by atoms with Gasteiger partial charge in [0.2, 0.25) is 0 Å². The van der Waals surface area contributed by atoms with Crippen LogP contribution in [0.3, 0.4) is 0 Å². The van der Waals surface area contributed by atoms with Crippen LogP contribution < -0.4 is 5.32 Å². The summed E-state index contributed by atoms with van der Waals surface area (Å²) in [6.07, 6.45) is -1.20. The molecule has 1 fully saturated rings. The second-order valence-corrected chi connectivity index (χ2v) is 12.2. The van der Waals surface area contributed by atoms with Gasteiger partial charge in [-0.2, -0.15) is 0 Å². The van der Waals surface area contributed by atoms with Gasteiger partial charge in [-0.25, -0.2) is 0 Å². The van der Waals surface area contributed by atoms with E-state index in [4.69, 9.17) is 44.3 Å². The number of carbonyl (C=O) groups is 1. The lowest BCUT2D eigenvalue weighted by Crippen LogP contribution is -2.43. The molecule has 1 aliphatic rings. The Bertz CT molecular complexity index is 1240. The van der Waals surface area contributed by atoms with Gasteiger partial charge in [-0.15, -0.1) is 0 Å². The number of anilines is 1. The first-order chi connectivity index (χ1) is 19.0. The Morgan fingerprint density at radius 2 is 1.62 bits per heavy atom. The average molecular weight is 608 g/mol. The van der Waals surface area contributed by atoms with E-state index >= 15 is 0 Å². The number of hydrogen-bond donors (Lipinski definition) is 3. The number of hydrogen-bond acceptors (Lipinski definition) is 6. The van der Waals surface area contributed by atoms with Crippen molar-refractivity contribution in [3.8, 4) is 0 Å². The fraction of sp³-hybridized carbons (Fsp3) is 0.367. The molecular formula is C30H33Cl3N2O5. The van der Waals surface area contributed by atoms with Crippen LogP contribution in [0.25, 0.3) is 0 Å². The number of aliphatic hydroxyl groups excluding tert-OH is 2. The lowest BCUT2D eigenvalue weighted by Gasteiger charge is -2.39. The van der Waals surface area contributed by atoms with Crippen LogP contribution in [-0.4, -0.2) is 50.6 Å².